The van der Waals surface area contributed by atoms with Gasteiger partial charge in [-0.25, -0.2) is 0 Å². The zero-order chi connectivity index (χ0) is 13.1. The molecule has 1 heterocycles. The molecule has 1 aromatic heterocycles. The van der Waals surface area contributed by atoms with Crippen LogP contribution in [0, 0.1) is 0 Å². The predicted octanol–water partition coefficient (Wildman–Crippen LogP) is 2.00. The van der Waals surface area contributed by atoms with Crippen LogP contribution in [0.1, 0.15) is 4.88 Å². The van der Waals surface area contributed by atoms with E-state index in [4.69, 9.17) is 0 Å². The Bertz CT molecular complexity index is 472. The van der Waals surface area contributed by atoms with Gasteiger partial charge in [0.05, 0.1) is 0 Å². The number of rotatable bonds is 5. The van der Waals surface area contributed by atoms with Crippen molar-refractivity contribution in [3.63, 3.8) is 0 Å². The lowest BCUT2D eigenvalue weighted by Crippen LogP contribution is -2.41. The summed E-state index contributed by atoms with van der Waals surface area (Å²) in [5, 5.41) is 1.74. The quantitative estimate of drug-likeness (QED) is 0.851. The molecule has 0 saturated heterocycles. The highest BCUT2D eigenvalue weighted by atomic mass is 79.9. The Labute approximate surface area is 109 Å². The first-order valence-corrected chi connectivity index (χ1v) is 7.37. The second kappa shape index (κ2) is 5.65. The molecular weight excluding hydrogens is 345 g/mol. The Balaban J connectivity index is 2.45. The van der Waals surface area contributed by atoms with Crippen LogP contribution in [0.15, 0.2) is 15.9 Å². The fourth-order valence-corrected chi connectivity index (χ4v) is 3.12. The van der Waals surface area contributed by atoms with E-state index in [-0.39, 0.29) is 6.54 Å². The van der Waals surface area contributed by atoms with Gasteiger partial charge in [0.1, 0.15) is 6.54 Å². The zero-order valence-corrected chi connectivity index (χ0v) is 11.4. The van der Waals surface area contributed by atoms with Crippen LogP contribution >= 0.6 is 27.3 Å². The van der Waals surface area contributed by atoms with Crippen molar-refractivity contribution in [2.24, 2.45) is 0 Å². The van der Waals surface area contributed by atoms with Crippen LogP contribution in [0.25, 0.3) is 0 Å². The minimum absolute atomic E-state index is 0.0521. The van der Waals surface area contributed by atoms with Crippen LogP contribution < -0.4 is 9.44 Å². The number of hydrogen-bond acceptors (Lipinski definition) is 3. The number of halogens is 4. The van der Waals surface area contributed by atoms with Gasteiger partial charge in [-0.15, -0.1) is 11.3 Å². The summed E-state index contributed by atoms with van der Waals surface area (Å²) in [6, 6.07) is 1.68. The highest BCUT2D eigenvalue weighted by Crippen LogP contribution is 2.19. The summed E-state index contributed by atoms with van der Waals surface area (Å²) in [6.45, 7) is -1.64. The Kier molecular flexibility index (Phi) is 4.95. The van der Waals surface area contributed by atoms with Crippen LogP contribution in [0.4, 0.5) is 13.2 Å². The molecule has 0 aliphatic rings. The monoisotopic (exact) mass is 352 g/mol. The van der Waals surface area contributed by atoms with Crippen LogP contribution in [-0.2, 0) is 16.8 Å². The Morgan fingerprint density at radius 1 is 1.35 bits per heavy atom. The second-order valence-corrected chi connectivity index (χ2v) is 6.49. The first kappa shape index (κ1) is 14.9. The van der Waals surface area contributed by atoms with E-state index in [0.29, 0.717) is 4.88 Å². The fraction of sp³-hybridized carbons (Fsp3) is 0.429. The minimum atomic E-state index is -4.57. The van der Waals surface area contributed by atoms with Crippen molar-refractivity contribution < 1.29 is 21.6 Å². The number of hydrogen-bond donors (Lipinski definition) is 2. The fourth-order valence-electron chi connectivity index (χ4n) is 0.841. The molecular formula is C7H8BrF3N2O2S2. The summed E-state index contributed by atoms with van der Waals surface area (Å²) >= 11 is 4.47. The van der Waals surface area contributed by atoms with Crippen LogP contribution in [0.5, 0.6) is 0 Å². The van der Waals surface area contributed by atoms with E-state index in [2.05, 4.69) is 15.9 Å². The maximum atomic E-state index is 11.8. The summed E-state index contributed by atoms with van der Waals surface area (Å²) in [4.78, 5) is 0.689. The molecule has 0 aliphatic heterocycles. The van der Waals surface area contributed by atoms with Gasteiger partial charge in [-0.2, -0.15) is 31.0 Å². The van der Waals surface area contributed by atoms with Gasteiger partial charge >= 0.3 is 6.18 Å². The van der Waals surface area contributed by atoms with Crippen molar-refractivity contribution >= 4 is 37.5 Å². The number of alkyl halides is 3. The Hall–Kier alpha value is -0.160. The molecule has 2 N–H and O–H groups in total. The SMILES string of the molecule is O=S(=O)(NCc1cc(Br)cs1)NCC(F)(F)F. The van der Waals surface area contributed by atoms with Gasteiger partial charge in [-0.3, -0.25) is 0 Å². The van der Waals surface area contributed by atoms with E-state index >= 15 is 0 Å². The van der Waals surface area contributed by atoms with E-state index in [9.17, 15) is 21.6 Å². The van der Waals surface area contributed by atoms with Gasteiger partial charge in [0.15, 0.2) is 0 Å². The van der Waals surface area contributed by atoms with E-state index in [1.807, 2.05) is 4.72 Å². The molecule has 4 nitrogen and oxygen atoms in total. The molecule has 10 heteroatoms. The van der Waals surface area contributed by atoms with Crippen molar-refractivity contribution in [1.29, 1.82) is 0 Å². The lowest BCUT2D eigenvalue weighted by atomic mass is 10.5. The van der Waals surface area contributed by atoms with E-state index in [1.54, 1.807) is 11.4 Å². The maximum Gasteiger partial charge on any atom is 0.402 e. The van der Waals surface area contributed by atoms with Gasteiger partial charge in [0, 0.05) is 21.3 Å². The molecule has 0 bridgehead atoms. The Morgan fingerprint density at radius 2 is 2.00 bits per heavy atom. The van der Waals surface area contributed by atoms with Crippen LogP contribution in [-0.4, -0.2) is 21.1 Å². The van der Waals surface area contributed by atoms with Gasteiger partial charge in [-0.1, -0.05) is 0 Å². The molecule has 1 rings (SSSR count). The third kappa shape index (κ3) is 6.36. The molecule has 17 heavy (non-hydrogen) atoms. The average molecular weight is 353 g/mol. The minimum Gasteiger partial charge on any atom is -0.197 e. The van der Waals surface area contributed by atoms with Crippen molar-refractivity contribution in [3.05, 3.63) is 20.8 Å². The third-order valence-electron chi connectivity index (χ3n) is 1.52. The zero-order valence-electron chi connectivity index (χ0n) is 8.21. The summed E-state index contributed by atoms with van der Waals surface area (Å²) in [7, 11) is -4.13. The second-order valence-electron chi connectivity index (χ2n) is 2.99. The van der Waals surface area contributed by atoms with Crippen LogP contribution in [0.3, 0.4) is 0 Å². The van der Waals surface area contributed by atoms with Gasteiger partial charge < -0.3 is 0 Å². The third-order valence-corrected chi connectivity index (χ3v) is 4.27. The number of thiophene rings is 1. The molecule has 0 aliphatic carbocycles. The lowest BCUT2D eigenvalue weighted by Gasteiger charge is -2.09. The molecule has 0 unspecified atom stereocenters. The van der Waals surface area contributed by atoms with Crippen LogP contribution in [0.2, 0.25) is 0 Å². The molecule has 0 radical (unpaired) electrons. The van der Waals surface area contributed by atoms with Crippen molar-refractivity contribution in [3.8, 4) is 0 Å². The molecule has 0 amide bonds. The maximum absolute atomic E-state index is 11.8. The summed E-state index contributed by atoms with van der Waals surface area (Å²) in [6.07, 6.45) is -4.57. The highest BCUT2D eigenvalue weighted by Gasteiger charge is 2.29. The predicted molar refractivity (Wildman–Crippen MR) is 61.8 cm³/mol. The van der Waals surface area contributed by atoms with Crippen molar-refractivity contribution in [1.82, 2.24) is 9.44 Å². The van der Waals surface area contributed by atoms with E-state index in [1.165, 1.54) is 16.1 Å². The molecule has 98 valence electrons. The normalized spacial score (nSPS) is 12.9. The van der Waals surface area contributed by atoms with Gasteiger partial charge in [0.25, 0.3) is 10.2 Å². The molecule has 0 aromatic carbocycles. The van der Waals surface area contributed by atoms with Crippen molar-refractivity contribution in [2.75, 3.05) is 6.54 Å². The first-order chi connectivity index (χ1) is 7.68. The van der Waals surface area contributed by atoms with E-state index in [0.717, 1.165) is 4.47 Å². The largest absolute Gasteiger partial charge is 0.402 e. The van der Waals surface area contributed by atoms with Gasteiger partial charge in [0.2, 0.25) is 0 Å². The molecule has 1 aromatic rings. The first-order valence-electron chi connectivity index (χ1n) is 4.22. The van der Waals surface area contributed by atoms with Gasteiger partial charge in [-0.05, 0) is 22.0 Å². The molecule has 0 fully saturated rings. The standard InChI is InChI=1S/C7H8BrF3N2O2S2/c8-5-1-6(16-3-5)2-12-17(14,15)13-4-7(9,10)11/h1,3,12-13H,2,4H2. The number of nitrogens with one attached hydrogen (secondary N) is 2. The smallest absolute Gasteiger partial charge is 0.197 e. The molecule has 0 spiro atoms. The highest BCUT2D eigenvalue weighted by molar-refractivity contribution is 9.10. The topological polar surface area (TPSA) is 58.2 Å². The summed E-state index contributed by atoms with van der Waals surface area (Å²) < 4.78 is 61.8. The van der Waals surface area contributed by atoms with E-state index < -0.39 is 22.9 Å². The summed E-state index contributed by atoms with van der Waals surface area (Å²) in [5.74, 6) is 0. The molecule has 0 saturated carbocycles. The lowest BCUT2D eigenvalue weighted by molar-refractivity contribution is -0.121. The molecule has 0 atom stereocenters. The van der Waals surface area contributed by atoms with Crippen molar-refractivity contribution in [2.45, 2.75) is 12.7 Å². The summed E-state index contributed by atoms with van der Waals surface area (Å²) in [5.41, 5.74) is 0. The average Bonchev–Trinajstić information content (AvgIpc) is 2.58. The Morgan fingerprint density at radius 3 is 2.47 bits per heavy atom.